The van der Waals surface area contributed by atoms with Crippen LogP contribution in [0, 0.1) is 5.92 Å². The highest BCUT2D eigenvalue weighted by Gasteiger charge is 2.39. The fourth-order valence-electron chi connectivity index (χ4n) is 4.62. The summed E-state index contributed by atoms with van der Waals surface area (Å²) in [5.74, 6) is 0.0904. The van der Waals surface area contributed by atoms with Gasteiger partial charge in [-0.1, -0.05) is 43.3 Å². The molecule has 0 spiro atoms. The van der Waals surface area contributed by atoms with Gasteiger partial charge >= 0.3 is 6.03 Å². The molecule has 0 radical (unpaired) electrons. The molecule has 2 aliphatic rings. The van der Waals surface area contributed by atoms with Gasteiger partial charge in [-0.2, -0.15) is 0 Å². The second-order valence-electron chi connectivity index (χ2n) is 9.13. The molecule has 0 aromatic heterocycles. The fourth-order valence-corrected chi connectivity index (χ4v) is 4.62. The summed E-state index contributed by atoms with van der Waals surface area (Å²) in [4.78, 5) is 14.1. The van der Waals surface area contributed by atoms with Gasteiger partial charge in [-0.25, -0.2) is 4.79 Å². The molecule has 0 saturated carbocycles. The maximum atomic E-state index is 11.8. The van der Waals surface area contributed by atoms with Gasteiger partial charge in [0, 0.05) is 43.3 Å². The Morgan fingerprint density at radius 1 is 1.09 bits per heavy atom. The molecule has 2 aromatic rings. The molecule has 2 fully saturated rings. The fraction of sp³-hybridized carbons (Fsp3) is 0.500. The van der Waals surface area contributed by atoms with E-state index < -0.39 is 6.29 Å². The molecule has 0 bridgehead atoms. The van der Waals surface area contributed by atoms with Gasteiger partial charge in [-0.05, 0) is 36.6 Å². The molecule has 0 unspecified atom stereocenters. The number of anilines is 1. The van der Waals surface area contributed by atoms with E-state index in [0.29, 0.717) is 18.8 Å². The van der Waals surface area contributed by atoms with E-state index in [1.165, 1.54) is 0 Å². The van der Waals surface area contributed by atoms with Gasteiger partial charge in [0.05, 0.1) is 24.9 Å². The van der Waals surface area contributed by atoms with Crippen molar-refractivity contribution in [1.82, 2.24) is 10.2 Å². The molecule has 2 amide bonds. The Morgan fingerprint density at radius 2 is 1.79 bits per heavy atom. The quantitative estimate of drug-likeness (QED) is 0.497. The predicted molar refractivity (Wildman–Crippen MR) is 129 cm³/mol. The number of hydrogen-bond donors (Lipinski definition) is 4. The lowest BCUT2D eigenvalue weighted by Gasteiger charge is -2.42. The molecule has 5 atom stereocenters. The van der Waals surface area contributed by atoms with E-state index in [2.05, 4.69) is 22.5 Å². The summed E-state index contributed by atoms with van der Waals surface area (Å²) in [5, 5.41) is 24.9. The number of rotatable bonds is 7. The molecular formula is C26H35N3O5. The Bertz CT molecular complexity index is 936. The van der Waals surface area contributed by atoms with E-state index in [0.717, 1.165) is 36.2 Å². The molecule has 2 heterocycles. The van der Waals surface area contributed by atoms with Crippen LogP contribution in [0.3, 0.4) is 0 Å². The third-order valence-corrected chi connectivity index (χ3v) is 6.59. The van der Waals surface area contributed by atoms with E-state index in [1.54, 1.807) is 0 Å². The molecule has 0 aliphatic carbocycles. The number of carbonyl (C=O) groups excluding carboxylic acids is 1. The summed E-state index contributed by atoms with van der Waals surface area (Å²) in [6.07, 6.45) is -0.322. The summed E-state index contributed by atoms with van der Waals surface area (Å²) in [7, 11) is 0. The second-order valence-corrected chi connectivity index (χ2v) is 9.13. The molecule has 2 aromatic carbocycles. The third-order valence-electron chi connectivity index (χ3n) is 6.59. The number of nitrogens with one attached hydrogen (secondary N) is 2. The van der Waals surface area contributed by atoms with Crippen molar-refractivity contribution in [2.45, 2.75) is 51.5 Å². The van der Waals surface area contributed by atoms with E-state index >= 15 is 0 Å². The Balaban J connectivity index is 1.53. The van der Waals surface area contributed by atoms with Gasteiger partial charge in [0.1, 0.15) is 0 Å². The van der Waals surface area contributed by atoms with Gasteiger partial charge in [0.25, 0.3) is 0 Å². The van der Waals surface area contributed by atoms with Crippen molar-refractivity contribution in [3.05, 3.63) is 65.2 Å². The first-order valence-electron chi connectivity index (χ1n) is 12.0. The van der Waals surface area contributed by atoms with Crippen LogP contribution in [-0.4, -0.2) is 59.5 Å². The molecule has 184 valence electrons. The van der Waals surface area contributed by atoms with Crippen molar-refractivity contribution >= 4 is 11.7 Å². The molecule has 8 nitrogen and oxygen atoms in total. The van der Waals surface area contributed by atoms with Crippen LogP contribution < -0.4 is 10.6 Å². The number of benzene rings is 2. The van der Waals surface area contributed by atoms with E-state index in [4.69, 9.17) is 9.47 Å². The van der Waals surface area contributed by atoms with Crippen LogP contribution in [0.2, 0.25) is 0 Å². The molecular weight excluding hydrogens is 434 g/mol. The van der Waals surface area contributed by atoms with Gasteiger partial charge in [0.15, 0.2) is 6.29 Å². The summed E-state index contributed by atoms with van der Waals surface area (Å²) >= 11 is 0. The summed E-state index contributed by atoms with van der Waals surface area (Å²) in [5.41, 5.74) is 3.46. The Kier molecular flexibility index (Phi) is 8.18. The minimum atomic E-state index is -0.560. The van der Waals surface area contributed by atoms with E-state index in [-0.39, 0.29) is 36.9 Å². The zero-order chi connectivity index (χ0) is 24.1. The molecule has 2 saturated heterocycles. The molecule has 34 heavy (non-hydrogen) atoms. The van der Waals surface area contributed by atoms with Crippen molar-refractivity contribution in [3.63, 3.8) is 0 Å². The van der Waals surface area contributed by atoms with Crippen LogP contribution in [-0.2, 0) is 16.1 Å². The summed E-state index contributed by atoms with van der Waals surface area (Å²) in [6.45, 7) is 6.81. The highest BCUT2D eigenvalue weighted by Crippen LogP contribution is 2.42. The smallest absolute Gasteiger partial charge is 0.319 e. The molecule has 4 N–H and O–H groups in total. The number of aliphatic hydroxyl groups excluding tert-OH is 2. The second kappa shape index (κ2) is 11.3. The largest absolute Gasteiger partial charge is 0.392 e. The lowest BCUT2D eigenvalue weighted by atomic mass is 9.90. The summed E-state index contributed by atoms with van der Waals surface area (Å²) < 4.78 is 12.9. The Morgan fingerprint density at radius 3 is 2.41 bits per heavy atom. The van der Waals surface area contributed by atoms with Crippen LogP contribution in [0.5, 0.6) is 0 Å². The van der Waals surface area contributed by atoms with Gasteiger partial charge < -0.3 is 30.3 Å². The number of ether oxygens (including phenoxy) is 2. The van der Waals surface area contributed by atoms with E-state index in [1.807, 2.05) is 55.5 Å². The lowest BCUT2D eigenvalue weighted by molar-refractivity contribution is -0.276. The van der Waals surface area contributed by atoms with Crippen molar-refractivity contribution in [3.8, 4) is 0 Å². The van der Waals surface area contributed by atoms with Gasteiger partial charge in [-0.15, -0.1) is 0 Å². The van der Waals surface area contributed by atoms with Gasteiger partial charge in [-0.3, -0.25) is 4.90 Å². The number of carbonyl (C=O) groups is 1. The number of aliphatic hydroxyl groups is 2. The first-order chi connectivity index (χ1) is 16.5. The predicted octanol–water partition coefficient (Wildman–Crippen LogP) is 3.18. The number of amides is 2. The number of hydrogen-bond acceptors (Lipinski definition) is 6. The third kappa shape index (κ3) is 5.95. The number of nitrogens with zero attached hydrogens (tertiary/aromatic N) is 1. The van der Waals surface area contributed by atoms with Gasteiger partial charge in [0.2, 0.25) is 0 Å². The Labute approximate surface area is 200 Å². The highest BCUT2D eigenvalue weighted by atomic mass is 16.7. The minimum Gasteiger partial charge on any atom is -0.392 e. The van der Waals surface area contributed by atoms with Crippen molar-refractivity contribution in [2.24, 2.45) is 5.92 Å². The SMILES string of the molecule is CCNC(=O)Nc1ccc([C@H]2O[C@@H](CN3CC[C@H](O)C3)[C@@H](C)[C@@H](c3ccc(CO)cc3)O2)cc1. The standard InChI is InChI=1S/C26H35N3O5/c1-3-27-26(32)28-21-10-8-20(9-11-21)25-33-23(15-29-13-12-22(31)14-29)17(2)24(34-25)19-6-4-18(16-30)5-7-19/h4-11,17,22-25,30-31H,3,12-16H2,1-2H3,(H2,27,28,32)/t17-,22+,23+,24+,25+/m1/s1. The van der Waals surface area contributed by atoms with Crippen LogP contribution in [0.25, 0.3) is 0 Å². The van der Waals surface area contributed by atoms with Crippen LogP contribution in [0.1, 0.15) is 49.4 Å². The lowest BCUT2D eigenvalue weighted by Crippen LogP contribution is -2.44. The maximum absolute atomic E-state index is 11.8. The van der Waals surface area contributed by atoms with Crippen LogP contribution >= 0.6 is 0 Å². The molecule has 8 heteroatoms. The van der Waals surface area contributed by atoms with Crippen LogP contribution in [0.4, 0.5) is 10.5 Å². The zero-order valence-electron chi connectivity index (χ0n) is 19.8. The number of urea groups is 1. The highest BCUT2D eigenvalue weighted by molar-refractivity contribution is 5.89. The van der Waals surface area contributed by atoms with Crippen LogP contribution in [0.15, 0.2) is 48.5 Å². The average Bonchev–Trinajstić information content (AvgIpc) is 3.25. The maximum Gasteiger partial charge on any atom is 0.319 e. The number of β-amino-alcohol motifs (C(OH)–C–C–N with tert-alkyl or cyclic N) is 1. The zero-order valence-corrected chi connectivity index (χ0v) is 19.8. The topological polar surface area (TPSA) is 103 Å². The normalized spacial score (nSPS) is 27.5. The average molecular weight is 470 g/mol. The first-order valence-corrected chi connectivity index (χ1v) is 12.0. The first kappa shape index (κ1) is 24.6. The number of likely N-dealkylation sites (tertiary alicyclic amines) is 1. The van der Waals surface area contributed by atoms with Crippen molar-refractivity contribution in [2.75, 3.05) is 31.5 Å². The monoisotopic (exact) mass is 469 g/mol. The Hall–Kier alpha value is -2.49. The molecule has 4 rings (SSSR count). The van der Waals surface area contributed by atoms with Crippen molar-refractivity contribution < 1.29 is 24.5 Å². The molecule has 2 aliphatic heterocycles. The summed E-state index contributed by atoms with van der Waals surface area (Å²) in [6, 6.07) is 15.1. The minimum absolute atomic E-state index is 0.00364. The van der Waals surface area contributed by atoms with Crippen molar-refractivity contribution in [1.29, 1.82) is 0 Å². The van der Waals surface area contributed by atoms with E-state index in [9.17, 15) is 15.0 Å².